The highest BCUT2D eigenvalue weighted by Gasteiger charge is 2.24. The molecule has 0 amide bonds. The Morgan fingerprint density at radius 1 is 0.968 bits per heavy atom. The van der Waals surface area contributed by atoms with E-state index in [1.807, 2.05) is 31.2 Å². The van der Waals surface area contributed by atoms with E-state index in [4.69, 9.17) is 14.2 Å². The van der Waals surface area contributed by atoms with Gasteiger partial charge in [-0.1, -0.05) is 35.9 Å². The molecule has 6 heteroatoms. The maximum Gasteiger partial charge on any atom is 0.363 e. The lowest BCUT2D eigenvalue weighted by Crippen LogP contribution is -2.09. The molecular weight excluding hydrogens is 394 g/mol. The van der Waals surface area contributed by atoms with Crippen LogP contribution in [-0.4, -0.2) is 24.9 Å². The Hall–Kier alpha value is -4.19. The first-order valence-electron chi connectivity index (χ1n) is 9.58. The fourth-order valence-electron chi connectivity index (χ4n) is 2.95. The molecule has 0 saturated carbocycles. The number of carbonyl (C=O) groups is 2. The summed E-state index contributed by atoms with van der Waals surface area (Å²) in [4.78, 5) is 29.2. The van der Waals surface area contributed by atoms with Gasteiger partial charge >= 0.3 is 11.9 Å². The molecule has 0 radical (unpaired) electrons. The van der Waals surface area contributed by atoms with Crippen LogP contribution in [0.25, 0.3) is 6.08 Å². The van der Waals surface area contributed by atoms with Crippen LogP contribution >= 0.6 is 0 Å². The first-order chi connectivity index (χ1) is 15.0. The van der Waals surface area contributed by atoms with Gasteiger partial charge in [-0.2, -0.15) is 0 Å². The van der Waals surface area contributed by atoms with Crippen molar-refractivity contribution >= 4 is 23.9 Å². The van der Waals surface area contributed by atoms with Crippen molar-refractivity contribution in [2.75, 3.05) is 7.11 Å². The summed E-state index contributed by atoms with van der Waals surface area (Å²) in [6.07, 6.45) is 1.54. The third-order valence-electron chi connectivity index (χ3n) is 4.66. The number of benzene rings is 3. The standard InChI is InChI=1S/C25H19NO5/c1-16-7-9-17(10-8-16)23-26-21(25(28)31-23)15-19-5-3-4-6-22(19)30-24(27)18-11-13-20(29-2)14-12-18/h3-15H,1-2H3/b21-15+. The van der Waals surface area contributed by atoms with Crippen LogP contribution in [-0.2, 0) is 9.53 Å². The van der Waals surface area contributed by atoms with Gasteiger partial charge in [-0.3, -0.25) is 0 Å². The maximum atomic E-state index is 12.5. The van der Waals surface area contributed by atoms with E-state index in [0.717, 1.165) is 5.56 Å². The number of esters is 2. The minimum absolute atomic E-state index is 0.128. The Labute approximate surface area is 179 Å². The van der Waals surface area contributed by atoms with Gasteiger partial charge in [-0.05, 0) is 55.5 Å². The number of aryl methyl sites for hydroxylation is 1. The van der Waals surface area contributed by atoms with E-state index in [-0.39, 0.29) is 11.6 Å². The van der Waals surface area contributed by atoms with Crippen LogP contribution in [0.5, 0.6) is 11.5 Å². The van der Waals surface area contributed by atoms with Crippen molar-refractivity contribution in [3.8, 4) is 11.5 Å². The van der Waals surface area contributed by atoms with Crippen molar-refractivity contribution in [3.63, 3.8) is 0 Å². The van der Waals surface area contributed by atoms with Gasteiger partial charge < -0.3 is 14.2 Å². The van der Waals surface area contributed by atoms with Gasteiger partial charge in [0.25, 0.3) is 0 Å². The molecule has 6 nitrogen and oxygen atoms in total. The number of rotatable bonds is 5. The number of nitrogens with zero attached hydrogens (tertiary/aromatic N) is 1. The molecule has 0 aromatic heterocycles. The zero-order valence-corrected chi connectivity index (χ0v) is 17.0. The van der Waals surface area contributed by atoms with Gasteiger partial charge in [0.2, 0.25) is 5.90 Å². The van der Waals surface area contributed by atoms with E-state index in [1.54, 1.807) is 61.7 Å². The molecular formula is C25H19NO5. The Balaban J connectivity index is 1.59. The summed E-state index contributed by atoms with van der Waals surface area (Å²) in [5.41, 5.74) is 2.84. The highest BCUT2D eigenvalue weighted by atomic mass is 16.6. The summed E-state index contributed by atoms with van der Waals surface area (Å²) in [7, 11) is 1.55. The zero-order chi connectivity index (χ0) is 21.8. The van der Waals surface area contributed by atoms with Gasteiger partial charge in [0.1, 0.15) is 11.5 Å². The van der Waals surface area contributed by atoms with Crippen LogP contribution in [0.15, 0.2) is 83.5 Å². The second kappa shape index (κ2) is 8.67. The molecule has 1 aliphatic rings. The van der Waals surface area contributed by atoms with E-state index >= 15 is 0 Å². The molecule has 4 rings (SSSR count). The first-order valence-corrected chi connectivity index (χ1v) is 9.58. The molecule has 0 N–H and O–H groups in total. The minimum Gasteiger partial charge on any atom is -0.497 e. The summed E-state index contributed by atoms with van der Waals surface area (Å²) in [5.74, 6) is 0.105. The van der Waals surface area contributed by atoms with Crippen LogP contribution in [0.3, 0.4) is 0 Å². The van der Waals surface area contributed by atoms with E-state index in [9.17, 15) is 9.59 Å². The van der Waals surface area contributed by atoms with Crippen LogP contribution in [0.1, 0.15) is 27.0 Å². The number of hydrogen-bond acceptors (Lipinski definition) is 6. The van der Waals surface area contributed by atoms with Crippen molar-refractivity contribution in [1.82, 2.24) is 0 Å². The van der Waals surface area contributed by atoms with E-state index < -0.39 is 11.9 Å². The van der Waals surface area contributed by atoms with Gasteiger partial charge in [-0.15, -0.1) is 0 Å². The molecule has 154 valence electrons. The molecule has 3 aromatic carbocycles. The monoisotopic (exact) mass is 413 g/mol. The molecule has 1 heterocycles. The number of para-hydroxylation sites is 1. The summed E-state index contributed by atoms with van der Waals surface area (Å²) in [6.45, 7) is 1.97. The predicted molar refractivity (Wildman–Crippen MR) is 116 cm³/mol. The smallest absolute Gasteiger partial charge is 0.363 e. The molecule has 0 saturated heterocycles. The number of ether oxygens (including phenoxy) is 3. The minimum atomic E-state index is -0.563. The summed E-state index contributed by atoms with van der Waals surface area (Å²) < 4.78 is 16.0. The highest BCUT2D eigenvalue weighted by molar-refractivity contribution is 6.13. The van der Waals surface area contributed by atoms with Crippen molar-refractivity contribution in [1.29, 1.82) is 0 Å². The zero-order valence-electron chi connectivity index (χ0n) is 17.0. The average Bonchev–Trinajstić information content (AvgIpc) is 3.15. The lowest BCUT2D eigenvalue weighted by Gasteiger charge is -2.08. The summed E-state index contributed by atoms with van der Waals surface area (Å²) in [6, 6.07) is 21.0. The Morgan fingerprint density at radius 2 is 1.68 bits per heavy atom. The fraction of sp³-hybridized carbons (Fsp3) is 0.0800. The third-order valence-corrected chi connectivity index (χ3v) is 4.66. The number of hydrogen-bond donors (Lipinski definition) is 0. The van der Waals surface area contributed by atoms with Gasteiger partial charge in [0.05, 0.1) is 12.7 Å². The molecule has 31 heavy (non-hydrogen) atoms. The van der Waals surface area contributed by atoms with Crippen molar-refractivity contribution in [2.24, 2.45) is 4.99 Å². The Bertz CT molecular complexity index is 1190. The summed E-state index contributed by atoms with van der Waals surface area (Å²) in [5, 5.41) is 0. The van der Waals surface area contributed by atoms with Gasteiger partial charge in [0, 0.05) is 11.1 Å². The first kappa shape index (κ1) is 20.1. The topological polar surface area (TPSA) is 74.2 Å². The van der Waals surface area contributed by atoms with Gasteiger partial charge in [0.15, 0.2) is 5.70 Å². The molecule has 0 atom stereocenters. The Kier molecular flexibility index (Phi) is 5.62. The average molecular weight is 413 g/mol. The second-order valence-corrected chi connectivity index (χ2v) is 6.86. The largest absolute Gasteiger partial charge is 0.497 e. The lowest BCUT2D eigenvalue weighted by molar-refractivity contribution is -0.129. The van der Waals surface area contributed by atoms with Crippen molar-refractivity contribution in [2.45, 2.75) is 6.92 Å². The number of methoxy groups -OCH3 is 1. The van der Waals surface area contributed by atoms with Crippen LogP contribution in [0.2, 0.25) is 0 Å². The fourth-order valence-corrected chi connectivity index (χ4v) is 2.95. The molecule has 0 bridgehead atoms. The normalized spacial score (nSPS) is 14.2. The van der Waals surface area contributed by atoms with E-state index in [0.29, 0.717) is 28.2 Å². The quantitative estimate of drug-likeness (QED) is 0.348. The van der Waals surface area contributed by atoms with Crippen LogP contribution < -0.4 is 9.47 Å². The van der Waals surface area contributed by atoms with Crippen LogP contribution in [0, 0.1) is 6.92 Å². The SMILES string of the molecule is COc1ccc(C(=O)Oc2ccccc2/C=C2/N=C(c3ccc(C)cc3)OC2=O)cc1. The summed E-state index contributed by atoms with van der Waals surface area (Å²) >= 11 is 0. The van der Waals surface area contributed by atoms with E-state index in [2.05, 4.69) is 4.99 Å². The molecule has 0 aliphatic carbocycles. The molecule has 0 spiro atoms. The highest BCUT2D eigenvalue weighted by Crippen LogP contribution is 2.26. The third kappa shape index (κ3) is 4.53. The lowest BCUT2D eigenvalue weighted by atomic mass is 10.1. The van der Waals surface area contributed by atoms with E-state index in [1.165, 1.54) is 0 Å². The van der Waals surface area contributed by atoms with Crippen LogP contribution in [0.4, 0.5) is 0 Å². The second-order valence-electron chi connectivity index (χ2n) is 6.86. The number of cyclic esters (lactones) is 1. The Morgan fingerprint density at radius 3 is 2.39 bits per heavy atom. The maximum absolute atomic E-state index is 12.5. The van der Waals surface area contributed by atoms with Crippen molar-refractivity contribution < 1.29 is 23.8 Å². The van der Waals surface area contributed by atoms with Crippen molar-refractivity contribution in [3.05, 3.63) is 101 Å². The molecule has 1 aliphatic heterocycles. The van der Waals surface area contributed by atoms with Gasteiger partial charge in [-0.25, -0.2) is 14.6 Å². The number of aliphatic imine (C=N–C) groups is 1. The molecule has 3 aromatic rings. The predicted octanol–water partition coefficient (Wildman–Crippen LogP) is 4.57. The number of carbonyl (C=O) groups excluding carboxylic acids is 2. The molecule has 0 fully saturated rings. The molecule has 0 unspecified atom stereocenters.